The third-order valence-electron chi connectivity index (χ3n) is 8.13. The molecule has 40 heavy (non-hydrogen) atoms. The Bertz CT molecular complexity index is 1560. The zero-order chi connectivity index (χ0) is 27.6. The molecule has 0 saturated carbocycles. The van der Waals surface area contributed by atoms with Crippen molar-refractivity contribution in [1.82, 2.24) is 9.88 Å². The van der Waals surface area contributed by atoms with Crippen molar-refractivity contribution in [2.45, 2.75) is 12.8 Å². The van der Waals surface area contributed by atoms with Crippen molar-refractivity contribution in [1.29, 1.82) is 0 Å². The number of amides is 1. The van der Waals surface area contributed by atoms with E-state index in [0.29, 0.717) is 30.3 Å². The number of aromatic amines is 1. The van der Waals surface area contributed by atoms with E-state index in [0.717, 1.165) is 65.9 Å². The van der Waals surface area contributed by atoms with Crippen LogP contribution in [0.15, 0.2) is 77.6 Å². The maximum Gasteiger partial charge on any atom is 0.272 e. The predicted octanol–water partition coefficient (Wildman–Crippen LogP) is 5.42. The van der Waals surface area contributed by atoms with E-state index in [1.807, 2.05) is 59.5 Å². The second-order valence-electron chi connectivity index (χ2n) is 10.5. The minimum absolute atomic E-state index is 0.144. The van der Waals surface area contributed by atoms with E-state index in [-0.39, 0.29) is 17.4 Å². The number of nitrogens with one attached hydrogen (secondary N) is 1. The highest BCUT2D eigenvalue weighted by atomic mass is 35.5. The van der Waals surface area contributed by atoms with Gasteiger partial charge in [0.25, 0.3) is 5.56 Å². The molecule has 3 heterocycles. The lowest BCUT2D eigenvalue weighted by Crippen LogP contribution is -2.53. The Labute approximate surface area is 238 Å². The molecule has 8 heteroatoms. The average molecular weight is 557 g/mol. The average Bonchev–Trinajstić information content (AvgIpc) is 3.01. The molecular formula is C32H33ClN4O3. The van der Waals surface area contributed by atoms with Gasteiger partial charge in [-0.05, 0) is 60.9 Å². The summed E-state index contributed by atoms with van der Waals surface area (Å²) in [5, 5.41) is 1.51. The molecule has 2 aliphatic rings. The molecule has 7 nitrogen and oxygen atoms in total. The molecule has 2 fully saturated rings. The number of rotatable bonds is 5. The lowest BCUT2D eigenvalue weighted by Gasteiger charge is -2.40. The van der Waals surface area contributed by atoms with Gasteiger partial charge in [0.15, 0.2) is 0 Å². The zero-order valence-corrected chi connectivity index (χ0v) is 23.4. The molecule has 6 rings (SSSR count). The van der Waals surface area contributed by atoms with Gasteiger partial charge in [0.05, 0.1) is 13.0 Å². The molecule has 1 aromatic heterocycles. The van der Waals surface area contributed by atoms with Gasteiger partial charge in [0.1, 0.15) is 11.4 Å². The molecule has 0 radical (unpaired) electrons. The second-order valence-corrected chi connectivity index (χ2v) is 11.0. The summed E-state index contributed by atoms with van der Waals surface area (Å²) in [6.45, 7) is 4.20. The largest absolute Gasteiger partial charge is 0.497 e. The monoisotopic (exact) mass is 556 g/mol. The van der Waals surface area contributed by atoms with Crippen molar-refractivity contribution >= 4 is 39.8 Å². The predicted molar refractivity (Wildman–Crippen MR) is 162 cm³/mol. The molecule has 4 aromatic rings. The summed E-state index contributed by atoms with van der Waals surface area (Å²) in [4.78, 5) is 36.8. The number of halogens is 1. The molecular weight excluding hydrogens is 524 g/mol. The Kier molecular flexibility index (Phi) is 7.39. The van der Waals surface area contributed by atoms with Gasteiger partial charge in [-0.1, -0.05) is 41.9 Å². The Morgan fingerprint density at radius 1 is 0.925 bits per heavy atom. The number of carbonyl (C=O) groups excluding carboxylic acids is 1. The molecule has 0 bridgehead atoms. The molecule has 0 spiro atoms. The van der Waals surface area contributed by atoms with Crippen LogP contribution >= 0.6 is 11.6 Å². The van der Waals surface area contributed by atoms with Gasteiger partial charge >= 0.3 is 0 Å². The first-order chi connectivity index (χ1) is 19.5. The van der Waals surface area contributed by atoms with Crippen LogP contribution in [0.1, 0.15) is 12.8 Å². The first-order valence-electron chi connectivity index (χ1n) is 13.9. The molecule has 0 aliphatic carbocycles. The highest BCUT2D eigenvalue weighted by Crippen LogP contribution is 2.37. The highest BCUT2D eigenvalue weighted by Gasteiger charge is 2.33. The number of methoxy groups -OCH3 is 1. The van der Waals surface area contributed by atoms with E-state index in [1.165, 1.54) is 0 Å². The van der Waals surface area contributed by atoms with E-state index in [4.69, 9.17) is 16.3 Å². The van der Waals surface area contributed by atoms with Crippen LogP contribution in [-0.2, 0) is 4.79 Å². The number of ether oxygens (including phenoxy) is 1. The summed E-state index contributed by atoms with van der Waals surface area (Å²) in [6.07, 6.45) is 1.68. The van der Waals surface area contributed by atoms with Crippen LogP contribution in [-0.4, -0.2) is 62.2 Å². The SMILES string of the molecule is COc1ccc(N2CCN(C(=O)C3CCCN(c4c(-c5ccccc5)c5cc(Cl)ccc5[nH]c4=O)C3)CC2)cc1. The molecule has 3 aromatic carbocycles. The number of pyridine rings is 1. The summed E-state index contributed by atoms with van der Waals surface area (Å²) < 4.78 is 5.28. The Hall–Kier alpha value is -3.97. The fraction of sp³-hybridized carbons (Fsp3) is 0.312. The van der Waals surface area contributed by atoms with Crippen molar-refractivity contribution < 1.29 is 9.53 Å². The first-order valence-corrected chi connectivity index (χ1v) is 14.2. The Balaban J connectivity index is 1.23. The fourth-order valence-electron chi connectivity index (χ4n) is 6.07. The highest BCUT2D eigenvalue weighted by molar-refractivity contribution is 6.31. The molecule has 1 atom stereocenters. The normalized spacial score (nSPS) is 17.8. The van der Waals surface area contributed by atoms with Gasteiger partial charge in [-0.3, -0.25) is 9.59 Å². The minimum Gasteiger partial charge on any atom is -0.497 e. The molecule has 1 amide bonds. The number of anilines is 2. The molecule has 1 N–H and O–H groups in total. The van der Waals surface area contributed by atoms with E-state index >= 15 is 0 Å². The third kappa shape index (κ3) is 5.13. The summed E-state index contributed by atoms with van der Waals surface area (Å²) in [6, 6.07) is 23.6. The van der Waals surface area contributed by atoms with Crippen molar-refractivity contribution in [2.75, 3.05) is 56.2 Å². The van der Waals surface area contributed by atoms with E-state index < -0.39 is 0 Å². The number of hydrogen-bond acceptors (Lipinski definition) is 5. The van der Waals surface area contributed by atoms with Crippen LogP contribution < -0.4 is 20.1 Å². The number of nitrogens with zero attached hydrogens (tertiary/aromatic N) is 3. The number of piperazine rings is 1. The lowest BCUT2D eigenvalue weighted by atomic mass is 9.93. The molecule has 2 saturated heterocycles. The summed E-state index contributed by atoms with van der Waals surface area (Å²) in [7, 11) is 1.67. The van der Waals surface area contributed by atoms with Gasteiger partial charge < -0.3 is 24.4 Å². The number of fused-ring (bicyclic) bond motifs is 1. The van der Waals surface area contributed by atoms with Crippen molar-refractivity contribution in [2.24, 2.45) is 5.92 Å². The van der Waals surface area contributed by atoms with Crippen LogP contribution in [0.5, 0.6) is 5.75 Å². The van der Waals surface area contributed by atoms with Crippen molar-refractivity contribution in [3.63, 3.8) is 0 Å². The lowest BCUT2D eigenvalue weighted by molar-refractivity contribution is -0.136. The van der Waals surface area contributed by atoms with Gasteiger partial charge in [0, 0.05) is 66.4 Å². The van der Waals surface area contributed by atoms with Crippen LogP contribution in [0.25, 0.3) is 22.0 Å². The maximum absolute atomic E-state index is 13.7. The quantitative estimate of drug-likeness (QED) is 0.355. The van der Waals surface area contributed by atoms with E-state index in [2.05, 4.69) is 26.9 Å². The van der Waals surface area contributed by atoms with Gasteiger partial charge in [-0.25, -0.2) is 0 Å². The number of hydrogen-bond donors (Lipinski definition) is 1. The van der Waals surface area contributed by atoms with E-state index in [1.54, 1.807) is 13.2 Å². The Morgan fingerprint density at radius 2 is 1.68 bits per heavy atom. The van der Waals surface area contributed by atoms with Gasteiger partial charge in [0.2, 0.25) is 5.91 Å². The van der Waals surface area contributed by atoms with Gasteiger partial charge in [-0.15, -0.1) is 0 Å². The first kappa shape index (κ1) is 26.3. The number of aromatic nitrogens is 1. The molecule has 1 unspecified atom stereocenters. The standard InChI is InChI=1S/C32H33ClN4O3/c1-40-26-12-10-25(11-13-26)35-16-18-36(19-17-35)32(39)23-8-5-15-37(21-23)30-29(22-6-3-2-4-7-22)27-20-24(33)9-14-28(27)34-31(30)38/h2-4,6-7,9-14,20,23H,5,8,15-19,21H2,1H3,(H,34,38). The molecule has 206 valence electrons. The second kappa shape index (κ2) is 11.3. The topological polar surface area (TPSA) is 68.9 Å². The third-order valence-corrected chi connectivity index (χ3v) is 8.36. The smallest absolute Gasteiger partial charge is 0.272 e. The molecule has 2 aliphatic heterocycles. The number of piperidine rings is 1. The number of carbonyl (C=O) groups is 1. The van der Waals surface area contributed by atoms with Crippen LogP contribution in [0.3, 0.4) is 0 Å². The summed E-state index contributed by atoms with van der Waals surface area (Å²) >= 11 is 6.40. The maximum atomic E-state index is 13.7. The minimum atomic E-state index is -0.153. The van der Waals surface area contributed by atoms with Crippen LogP contribution in [0, 0.1) is 5.92 Å². The van der Waals surface area contributed by atoms with E-state index in [9.17, 15) is 9.59 Å². The van der Waals surface area contributed by atoms with Crippen molar-refractivity contribution in [3.05, 3.63) is 88.2 Å². The summed E-state index contributed by atoms with van der Waals surface area (Å²) in [5.74, 6) is 0.864. The number of benzene rings is 3. The van der Waals surface area contributed by atoms with Crippen LogP contribution in [0.2, 0.25) is 5.02 Å². The number of H-pyrrole nitrogens is 1. The van der Waals surface area contributed by atoms with Crippen LogP contribution in [0.4, 0.5) is 11.4 Å². The summed E-state index contributed by atoms with van der Waals surface area (Å²) in [5.41, 5.74) is 4.18. The fourth-order valence-corrected chi connectivity index (χ4v) is 6.24. The zero-order valence-electron chi connectivity index (χ0n) is 22.6. The van der Waals surface area contributed by atoms with Gasteiger partial charge in [-0.2, -0.15) is 0 Å². The van der Waals surface area contributed by atoms with Crippen molar-refractivity contribution in [3.8, 4) is 16.9 Å². The Morgan fingerprint density at radius 3 is 2.40 bits per heavy atom.